The van der Waals surface area contributed by atoms with Gasteiger partial charge in [0.25, 0.3) is 0 Å². The Kier molecular flexibility index (Phi) is 5.66. The van der Waals surface area contributed by atoms with Crippen molar-refractivity contribution in [3.63, 3.8) is 0 Å². The maximum absolute atomic E-state index is 11.2. The normalized spacial score (nSPS) is 10.6. The van der Waals surface area contributed by atoms with Crippen molar-refractivity contribution in [1.29, 1.82) is 0 Å². The molecule has 0 unspecified atom stereocenters. The molecule has 0 aromatic carbocycles. The van der Waals surface area contributed by atoms with E-state index >= 15 is 0 Å². The molecule has 0 fully saturated rings. The predicted octanol–water partition coefficient (Wildman–Crippen LogP) is 0.407. The molecule has 6 nitrogen and oxygen atoms in total. The van der Waals surface area contributed by atoms with Crippen LogP contribution in [-0.2, 0) is 27.1 Å². The van der Waals surface area contributed by atoms with Crippen LogP contribution in [0.5, 0.6) is 0 Å². The second kappa shape index (κ2) is 7.08. The summed E-state index contributed by atoms with van der Waals surface area (Å²) in [6, 6.07) is 0. The molecule has 0 aliphatic carbocycles. The molecule has 0 aliphatic heterocycles. The number of carbonyl (C=O) groups is 1. The zero-order chi connectivity index (χ0) is 11.8. The molecule has 0 amide bonds. The highest BCUT2D eigenvalue weighted by Gasteiger charge is 2.10. The van der Waals surface area contributed by atoms with Crippen LogP contribution in [-0.4, -0.2) is 42.9 Å². The molecule has 0 radical (unpaired) electrons. The summed E-state index contributed by atoms with van der Waals surface area (Å²) in [5, 5.41) is 3.74. The van der Waals surface area contributed by atoms with Crippen LogP contribution in [0.3, 0.4) is 0 Å². The van der Waals surface area contributed by atoms with Crippen molar-refractivity contribution in [2.75, 3.05) is 26.9 Å². The average molecular weight is 228 g/mol. The summed E-state index contributed by atoms with van der Waals surface area (Å²) in [5.74, 6) is 0.810. The van der Waals surface area contributed by atoms with Crippen molar-refractivity contribution in [3.8, 4) is 0 Å². The molecule has 6 heteroatoms. The van der Waals surface area contributed by atoms with Gasteiger partial charge in [-0.15, -0.1) is 0 Å². The third kappa shape index (κ3) is 4.50. The van der Waals surface area contributed by atoms with E-state index in [1.807, 2.05) is 6.92 Å². The highest BCUT2D eigenvalue weighted by Crippen LogP contribution is 2.00. The van der Waals surface area contributed by atoms with Gasteiger partial charge in [0.2, 0.25) is 5.89 Å². The summed E-state index contributed by atoms with van der Waals surface area (Å²) in [6.07, 6.45) is 0.714. The number of carbonyl (C=O) groups excluding carboxylic acids is 1. The van der Waals surface area contributed by atoms with Crippen molar-refractivity contribution >= 4 is 5.78 Å². The zero-order valence-corrected chi connectivity index (χ0v) is 9.56. The number of aromatic nitrogens is 2. The summed E-state index contributed by atoms with van der Waals surface area (Å²) < 4.78 is 14.8. The van der Waals surface area contributed by atoms with Gasteiger partial charge in [-0.05, 0) is 6.92 Å². The highest BCUT2D eigenvalue weighted by molar-refractivity contribution is 5.81. The molecule has 1 aromatic heterocycles. The first-order valence-corrected chi connectivity index (χ1v) is 5.16. The van der Waals surface area contributed by atoms with Gasteiger partial charge in [0.1, 0.15) is 6.61 Å². The molecule has 0 saturated heterocycles. The molecule has 90 valence electrons. The van der Waals surface area contributed by atoms with Crippen molar-refractivity contribution in [2.24, 2.45) is 0 Å². The van der Waals surface area contributed by atoms with Crippen LogP contribution in [0.4, 0.5) is 0 Å². The Bertz CT molecular complexity index is 324. The summed E-state index contributed by atoms with van der Waals surface area (Å²) >= 11 is 0. The Morgan fingerprint density at radius 3 is 3.00 bits per heavy atom. The molecule has 0 spiro atoms. The van der Waals surface area contributed by atoms with E-state index in [0.717, 1.165) is 0 Å². The fourth-order valence-electron chi connectivity index (χ4n) is 1.15. The summed E-state index contributed by atoms with van der Waals surface area (Å²) in [7, 11) is 1.47. The number of methoxy groups -OCH3 is 1. The van der Waals surface area contributed by atoms with E-state index in [9.17, 15) is 4.79 Å². The molecule has 0 aliphatic rings. The second-order valence-corrected chi connectivity index (χ2v) is 3.20. The maximum atomic E-state index is 11.2. The van der Waals surface area contributed by atoms with Crippen LogP contribution in [0.15, 0.2) is 4.52 Å². The minimum Gasteiger partial charge on any atom is -0.381 e. The monoisotopic (exact) mass is 228 g/mol. The van der Waals surface area contributed by atoms with Crippen molar-refractivity contribution in [2.45, 2.75) is 19.8 Å². The molecular weight excluding hydrogens is 212 g/mol. The maximum Gasteiger partial charge on any atom is 0.234 e. The SMILES string of the molecule is CCOCCc1noc(CC(=O)COC)n1. The lowest BCUT2D eigenvalue weighted by Gasteiger charge is -1.95. The summed E-state index contributed by atoms with van der Waals surface area (Å²) in [6.45, 7) is 3.21. The first kappa shape index (κ1) is 12.8. The van der Waals surface area contributed by atoms with Gasteiger partial charge < -0.3 is 14.0 Å². The van der Waals surface area contributed by atoms with E-state index in [2.05, 4.69) is 10.1 Å². The quantitative estimate of drug-likeness (QED) is 0.600. The number of nitrogens with zero attached hydrogens (tertiary/aromatic N) is 2. The van der Waals surface area contributed by atoms with Gasteiger partial charge in [0.05, 0.1) is 13.0 Å². The third-order valence-corrected chi connectivity index (χ3v) is 1.84. The first-order chi connectivity index (χ1) is 7.76. The van der Waals surface area contributed by atoms with Crippen LogP contribution in [0.1, 0.15) is 18.6 Å². The van der Waals surface area contributed by atoms with E-state index < -0.39 is 0 Å². The van der Waals surface area contributed by atoms with Gasteiger partial charge in [-0.2, -0.15) is 4.98 Å². The van der Waals surface area contributed by atoms with Crippen LogP contribution < -0.4 is 0 Å². The lowest BCUT2D eigenvalue weighted by atomic mass is 10.3. The lowest BCUT2D eigenvalue weighted by Crippen LogP contribution is -2.10. The van der Waals surface area contributed by atoms with Gasteiger partial charge in [-0.1, -0.05) is 5.16 Å². The van der Waals surface area contributed by atoms with E-state index in [0.29, 0.717) is 31.3 Å². The minimum absolute atomic E-state index is 0.0661. The zero-order valence-electron chi connectivity index (χ0n) is 9.56. The molecule has 1 aromatic rings. The molecular formula is C10H16N2O4. The Labute approximate surface area is 93.9 Å². The summed E-state index contributed by atoms with van der Waals surface area (Å²) in [4.78, 5) is 15.3. The van der Waals surface area contributed by atoms with Crippen LogP contribution in [0.2, 0.25) is 0 Å². The number of ether oxygens (including phenoxy) is 2. The standard InChI is InChI=1S/C10H16N2O4/c1-3-15-5-4-9-11-10(16-12-9)6-8(13)7-14-2/h3-7H2,1-2H3. The Balaban J connectivity index is 2.36. The fraction of sp³-hybridized carbons (Fsp3) is 0.700. The molecule has 1 heterocycles. The topological polar surface area (TPSA) is 74.5 Å². The first-order valence-electron chi connectivity index (χ1n) is 5.16. The van der Waals surface area contributed by atoms with Gasteiger partial charge in [-0.25, -0.2) is 0 Å². The number of rotatable bonds is 8. The number of ketones is 1. The van der Waals surface area contributed by atoms with Crippen molar-refractivity contribution in [3.05, 3.63) is 11.7 Å². The minimum atomic E-state index is -0.0810. The van der Waals surface area contributed by atoms with Crippen molar-refractivity contribution in [1.82, 2.24) is 10.1 Å². The number of hydrogen-bond donors (Lipinski definition) is 0. The van der Waals surface area contributed by atoms with Crippen LogP contribution in [0.25, 0.3) is 0 Å². The third-order valence-electron chi connectivity index (χ3n) is 1.84. The smallest absolute Gasteiger partial charge is 0.234 e. The van der Waals surface area contributed by atoms with Crippen molar-refractivity contribution < 1.29 is 18.8 Å². The van der Waals surface area contributed by atoms with Crippen LogP contribution in [0, 0.1) is 0 Å². The molecule has 0 bridgehead atoms. The molecule has 0 atom stereocenters. The number of Topliss-reactive ketones (excluding diaryl/α,β-unsaturated/α-hetero) is 1. The molecule has 0 N–H and O–H groups in total. The van der Waals surface area contributed by atoms with E-state index in [-0.39, 0.29) is 18.8 Å². The van der Waals surface area contributed by atoms with Gasteiger partial charge in [0, 0.05) is 20.1 Å². The van der Waals surface area contributed by atoms with E-state index in [1.165, 1.54) is 7.11 Å². The fourth-order valence-corrected chi connectivity index (χ4v) is 1.15. The predicted molar refractivity (Wildman–Crippen MR) is 55.1 cm³/mol. The Hall–Kier alpha value is -1.27. The Morgan fingerprint density at radius 1 is 1.50 bits per heavy atom. The number of hydrogen-bond acceptors (Lipinski definition) is 6. The second-order valence-electron chi connectivity index (χ2n) is 3.20. The van der Waals surface area contributed by atoms with Gasteiger partial charge in [0.15, 0.2) is 11.6 Å². The van der Waals surface area contributed by atoms with Gasteiger partial charge >= 0.3 is 0 Å². The molecule has 0 saturated carbocycles. The summed E-state index contributed by atoms with van der Waals surface area (Å²) in [5.41, 5.74) is 0. The average Bonchev–Trinajstić information content (AvgIpc) is 2.66. The largest absolute Gasteiger partial charge is 0.381 e. The van der Waals surface area contributed by atoms with Crippen LogP contribution >= 0.6 is 0 Å². The van der Waals surface area contributed by atoms with Gasteiger partial charge in [-0.3, -0.25) is 4.79 Å². The van der Waals surface area contributed by atoms with E-state index in [4.69, 9.17) is 14.0 Å². The molecule has 1 rings (SSSR count). The highest BCUT2D eigenvalue weighted by atomic mass is 16.5. The molecule has 16 heavy (non-hydrogen) atoms. The Morgan fingerprint density at radius 2 is 2.31 bits per heavy atom. The lowest BCUT2D eigenvalue weighted by molar-refractivity contribution is -0.122. The van der Waals surface area contributed by atoms with E-state index in [1.54, 1.807) is 0 Å².